The fourth-order valence-corrected chi connectivity index (χ4v) is 4.53. The Kier molecular flexibility index (Phi) is 8.93. The van der Waals surface area contributed by atoms with Crippen LogP contribution in [0.3, 0.4) is 0 Å². The maximum absolute atomic E-state index is 12.1. The maximum atomic E-state index is 12.1. The van der Waals surface area contributed by atoms with Crippen LogP contribution in [0.2, 0.25) is 5.02 Å². The number of carboxylic acid groups (broad SMARTS) is 1. The first-order chi connectivity index (χ1) is 14.5. The van der Waals surface area contributed by atoms with Crippen molar-refractivity contribution in [2.45, 2.75) is 78.6 Å². The summed E-state index contributed by atoms with van der Waals surface area (Å²) in [7, 11) is 0. The Morgan fingerprint density at radius 1 is 1.19 bits per heavy atom. The highest BCUT2D eigenvalue weighted by Gasteiger charge is 2.29. The van der Waals surface area contributed by atoms with Gasteiger partial charge in [-0.05, 0) is 54.4 Å². The molecule has 0 saturated heterocycles. The number of hydrogen-bond acceptors (Lipinski definition) is 2. The van der Waals surface area contributed by atoms with Crippen LogP contribution in [0.15, 0.2) is 35.5 Å². The van der Waals surface area contributed by atoms with Crippen LogP contribution in [0, 0.1) is 5.92 Å². The van der Waals surface area contributed by atoms with Crippen molar-refractivity contribution >= 4 is 29.6 Å². The molecule has 1 aliphatic carbocycles. The first-order valence-electron chi connectivity index (χ1n) is 11.2. The van der Waals surface area contributed by atoms with Crippen molar-refractivity contribution in [3.8, 4) is 0 Å². The molecule has 0 radical (unpaired) electrons. The summed E-state index contributed by atoms with van der Waals surface area (Å²) in [5, 5.41) is 9.76. The van der Waals surface area contributed by atoms with E-state index in [9.17, 15) is 9.59 Å². The van der Waals surface area contributed by atoms with E-state index in [2.05, 4.69) is 45.9 Å². The predicted molar refractivity (Wildman–Crippen MR) is 128 cm³/mol. The summed E-state index contributed by atoms with van der Waals surface area (Å²) in [6.07, 6.45) is 10.1. The Bertz CT molecular complexity index is 859. The molecule has 0 atom stereocenters. The zero-order valence-electron chi connectivity index (χ0n) is 19.5. The topological polar surface area (TPSA) is 57.6 Å². The molecule has 0 heterocycles. The lowest BCUT2D eigenvalue weighted by atomic mass is 9.73. The molecule has 170 valence electrons. The van der Waals surface area contributed by atoms with Gasteiger partial charge in [0.1, 0.15) is 0 Å². The van der Waals surface area contributed by atoms with Crippen LogP contribution >= 0.6 is 11.6 Å². The largest absolute Gasteiger partial charge is 0.481 e. The number of hydrogen-bond donors (Lipinski definition) is 1. The standard InChI is InChI=1S/C26H36ClNO3/c1-18(2)23(17-28(19(3)29)14-13-25(30)31)26(4,5)22-12-11-21(24(27)16-22)15-20-9-7-6-8-10-20/h11-12,15-18H,6-10,13-14H2,1-5H3,(H,30,31)/b23-17-. The van der Waals surface area contributed by atoms with Gasteiger partial charge in [0.05, 0.1) is 6.42 Å². The van der Waals surface area contributed by atoms with E-state index in [1.807, 2.05) is 12.3 Å². The van der Waals surface area contributed by atoms with Crippen molar-refractivity contribution in [3.63, 3.8) is 0 Å². The molecule has 1 amide bonds. The van der Waals surface area contributed by atoms with E-state index >= 15 is 0 Å². The highest BCUT2D eigenvalue weighted by Crippen LogP contribution is 2.38. The summed E-state index contributed by atoms with van der Waals surface area (Å²) in [5.74, 6) is -0.911. The summed E-state index contributed by atoms with van der Waals surface area (Å²) in [4.78, 5) is 24.6. The third-order valence-corrected chi connectivity index (χ3v) is 6.51. The van der Waals surface area contributed by atoms with Crippen LogP contribution in [0.25, 0.3) is 6.08 Å². The first-order valence-corrected chi connectivity index (χ1v) is 11.6. The minimum atomic E-state index is -0.917. The molecule has 5 heteroatoms. The molecule has 1 aromatic carbocycles. The average molecular weight is 446 g/mol. The molecule has 1 saturated carbocycles. The maximum Gasteiger partial charge on any atom is 0.305 e. The number of carboxylic acids is 1. The predicted octanol–water partition coefficient (Wildman–Crippen LogP) is 6.83. The number of halogens is 1. The van der Waals surface area contributed by atoms with Crippen molar-refractivity contribution in [2.75, 3.05) is 6.54 Å². The van der Waals surface area contributed by atoms with Crippen LogP contribution in [-0.2, 0) is 15.0 Å². The fourth-order valence-electron chi connectivity index (χ4n) is 4.30. The molecule has 31 heavy (non-hydrogen) atoms. The number of allylic oxidation sites excluding steroid dienone is 2. The monoisotopic (exact) mass is 445 g/mol. The van der Waals surface area contributed by atoms with E-state index < -0.39 is 5.97 Å². The second-order valence-electron chi connectivity index (χ2n) is 9.32. The van der Waals surface area contributed by atoms with Crippen LogP contribution < -0.4 is 0 Å². The lowest BCUT2D eigenvalue weighted by Crippen LogP contribution is -2.31. The van der Waals surface area contributed by atoms with Gasteiger partial charge in [-0.25, -0.2) is 0 Å². The molecular formula is C26H36ClNO3. The Morgan fingerprint density at radius 2 is 1.84 bits per heavy atom. The quantitative estimate of drug-likeness (QED) is 0.477. The average Bonchev–Trinajstić information content (AvgIpc) is 2.69. The SMILES string of the molecule is CC(=O)N(/C=C(/C(C)C)C(C)(C)c1ccc(C=C2CCCCC2)c(Cl)c1)CCC(=O)O. The van der Waals surface area contributed by atoms with Crippen molar-refractivity contribution in [2.24, 2.45) is 5.92 Å². The van der Waals surface area contributed by atoms with Crippen LogP contribution in [-0.4, -0.2) is 28.4 Å². The second-order valence-corrected chi connectivity index (χ2v) is 9.73. The molecule has 0 spiro atoms. The lowest BCUT2D eigenvalue weighted by Gasteiger charge is -2.33. The van der Waals surface area contributed by atoms with E-state index in [0.717, 1.165) is 34.6 Å². The second kappa shape index (κ2) is 11.0. The number of carbonyl (C=O) groups is 2. The fraction of sp³-hybridized carbons (Fsp3) is 0.538. The zero-order chi connectivity index (χ0) is 23.2. The van der Waals surface area contributed by atoms with Gasteiger partial charge in [0.25, 0.3) is 0 Å². The minimum absolute atomic E-state index is 0.0862. The summed E-state index contributed by atoms with van der Waals surface area (Å²) in [6.45, 7) is 10.1. The van der Waals surface area contributed by atoms with Gasteiger partial charge < -0.3 is 10.0 Å². The van der Waals surface area contributed by atoms with E-state index in [4.69, 9.17) is 16.7 Å². The van der Waals surface area contributed by atoms with Gasteiger partial charge in [-0.3, -0.25) is 9.59 Å². The molecule has 1 fully saturated rings. The first kappa shape index (κ1) is 25.2. The molecule has 2 rings (SSSR count). The van der Waals surface area contributed by atoms with Crippen LogP contribution in [0.1, 0.15) is 84.3 Å². The molecule has 1 aliphatic rings. The zero-order valence-corrected chi connectivity index (χ0v) is 20.3. The molecule has 0 unspecified atom stereocenters. The van der Waals surface area contributed by atoms with Gasteiger partial charge in [0, 0.05) is 30.1 Å². The summed E-state index contributed by atoms with van der Waals surface area (Å²) in [5.41, 5.74) is 4.29. The molecule has 1 aromatic rings. The van der Waals surface area contributed by atoms with Crippen molar-refractivity contribution in [1.29, 1.82) is 0 Å². The van der Waals surface area contributed by atoms with E-state index in [1.165, 1.54) is 36.7 Å². The molecule has 1 N–H and O–H groups in total. The van der Waals surface area contributed by atoms with Crippen molar-refractivity contribution in [1.82, 2.24) is 4.90 Å². The smallest absolute Gasteiger partial charge is 0.305 e. The normalized spacial score (nSPS) is 15.2. The molecular weight excluding hydrogens is 410 g/mol. The Labute approximate surface area is 192 Å². The number of nitrogens with zero attached hydrogens (tertiary/aromatic N) is 1. The molecule has 0 aromatic heterocycles. The number of benzene rings is 1. The third-order valence-electron chi connectivity index (χ3n) is 6.19. The Morgan fingerprint density at radius 3 is 2.35 bits per heavy atom. The summed E-state index contributed by atoms with van der Waals surface area (Å²) < 4.78 is 0. The van der Waals surface area contributed by atoms with Gasteiger partial charge >= 0.3 is 5.97 Å². The van der Waals surface area contributed by atoms with Gasteiger partial charge in [-0.2, -0.15) is 0 Å². The van der Waals surface area contributed by atoms with Gasteiger partial charge in [0.15, 0.2) is 0 Å². The van der Waals surface area contributed by atoms with Gasteiger partial charge in [-0.15, -0.1) is 0 Å². The van der Waals surface area contributed by atoms with Crippen molar-refractivity contribution in [3.05, 3.63) is 51.7 Å². The van der Waals surface area contributed by atoms with Gasteiger partial charge in [0.2, 0.25) is 5.91 Å². The third kappa shape index (κ3) is 6.96. The number of amides is 1. The molecule has 0 aliphatic heterocycles. The molecule has 4 nitrogen and oxygen atoms in total. The Balaban J connectivity index is 2.37. The minimum Gasteiger partial charge on any atom is -0.481 e. The van der Waals surface area contributed by atoms with Gasteiger partial charge in [-0.1, -0.05) is 69.5 Å². The van der Waals surface area contributed by atoms with Crippen LogP contribution in [0.5, 0.6) is 0 Å². The Hall–Kier alpha value is -2.07. The van der Waals surface area contributed by atoms with E-state index in [-0.39, 0.29) is 30.2 Å². The van der Waals surface area contributed by atoms with E-state index in [0.29, 0.717) is 0 Å². The van der Waals surface area contributed by atoms with Crippen molar-refractivity contribution < 1.29 is 14.7 Å². The summed E-state index contributed by atoms with van der Waals surface area (Å²) in [6, 6.07) is 6.24. The van der Waals surface area contributed by atoms with Crippen LogP contribution in [0.4, 0.5) is 0 Å². The molecule has 0 bridgehead atoms. The highest BCUT2D eigenvalue weighted by molar-refractivity contribution is 6.32. The summed E-state index contributed by atoms with van der Waals surface area (Å²) >= 11 is 6.69. The number of rotatable bonds is 8. The highest BCUT2D eigenvalue weighted by atomic mass is 35.5. The number of aliphatic carboxylic acids is 1. The lowest BCUT2D eigenvalue weighted by molar-refractivity contribution is -0.137. The number of carbonyl (C=O) groups excluding carboxylic acids is 1. The van der Waals surface area contributed by atoms with E-state index in [1.54, 1.807) is 0 Å².